The number of aromatic nitrogens is 2. The Bertz CT molecular complexity index is 868. The standard InChI is InChI=1S/C16H12Cl2FN5/c17-9-5-10(18)7-11(6-9)23-15-14(20)16(22-8-21-15)24-13-4-2-1-3-12(13)19/h1-8H,20H2,(H2,21,22,23,24). The van der Waals surface area contributed by atoms with Gasteiger partial charge >= 0.3 is 0 Å². The first kappa shape index (κ1) is 16.3. The van der Waals surface area contributed by atoms with E-state index in [0.29, 0.717) is 21.6 Å². The average molecular weight is 364 g/mol. The molecule has 0 saturated carbocycles. The Morgan fingerprint density at radius 1 is 0.917 bits per heavy atom. The molecule has 0 aliphatic heterocycles. The van der Waals surface area contributed by atoms with E-state index >= 15 is 0 Å². The van der Waals surface area contributed by atoms with Gasteiger partial charge in [0.05, 0.1) is 5.69 Å². The maximum absolute atomic E-state index is 13.8. The van der Waals surface area contributed by atoms with Crippen LogP contribution in [-0.4, -0.2) is 9.97 Å². The van der Waals surface area contributed by atoms with Crippen molar-refractivity contribution in [3.05, 3.63) is 64.7 Å². The highest BCUT2D eigenvalue weighted by atomic mass is 35.5. The Balaban J connectivity index is 1.89. The molecule has 24 heavy (non-hydrogen) atoms. The van der Waals surface area contributed by atoms with Crippen molar-refractivity contribution in [2.45, 2.75) is 0 Å². The lowest BCUT2D eigenvalue weighted by molar-refractivity contribution is 0.632. The lowest BCUT2D eigenvalue weighted by atomic mass is 10.3. The lowest BCUT2D eigenvalue weighted by Crippen LogP contribution is -2.05. The fourth-order valence-corrected chi connectivity index (χ4v) is 2.57. The van der Waals surface area contributed by atoms with Crippen LogP contribution in [0, 0.1) is 5.82 Å². The molecule has 5 nitrogen and oxygen atoms in total. The van der Waals surface area contributed by atoms with E-state index in [9.17, 15) is 4.39 Å². The summed E-state index contributed by atoms with van der Waals surface area (Å²) in [7, 11) is 0. The first-order valence-electron chi connectivity index (χ1n) is 6.88. The summed E-state index contributed by atoms with van der Waals surface area (Å²) in [4.78, 5) is 8.14. The molecule has 0 aliphatic rings. The van der Waals surface area contributed by atoms with E-state index in [2.05, 4.69) is 20.6 Å². The summed E-state index contributed by atoms with van der Waals surface area (Å²) in [5.74, 6) is 0.222. The molecule has 0 radical (unpaired) electrons. The van der Waals surface area contributed by atoms with Gasteiger partial charge in [-0.2, -0.15) is 0 Å². The number of para-hydroxylation sites is 1. The van der Waals surface area contributed by atoms with Crippen molar-refractivity contribution in [2.75, 3.05) is 16.4 Å². The number of nitrogens with one attached hydrogen (secondary N) is 2. The van der Waals surface area contributed by atoms with E-state index in [1.165, 1.54) is 12.4 Å². The molecule has 122 valence electrons. The monoisotopic (exact) mass is 363 g/mol. The molecule has 3 aromatic rings. The lowest BCUT2D eigenvalue weighted by Gasteiger charge is -2.13. The highest BCUT2D eigenvalue weighted by Crippen LogP contribution is 2.30. The maximum Gasteiger partial charge on any atom is 0.159 e. The summed E-state index contributed by atoms with van der Waals surface area (Å²) in [6.07, 6.45) is 1.31. The van der Waals surface area contributed by atoms with Gasteiger partial charge in [0.25, 0.3) is 0 Å². The van der Waals surface area contributed by atoms with Gasteiger partial charge in [0, 0.05) is 15.7 Å². The van der Waals surface area contributed by atoms with Crippen molar-refractivity contribution in [1.29, 1.82) is 0 Å². The van der Waals surface area contributed by atoms with Crippen LogP contribution < -0.4 is 16.4 Å². The number of nitrogens with zero attached hydrogens (tertiary/aromatic N) is 2. The molecule has 0 bridgehead atoms. The van der Waals surface area contributed by atoms with Gasteiger partial charge in [-0.15, -0.1) is 0 Å². The van der Waals surface area contributed by atoms with Crippen molar-refractivity contribution in [2.24, 2.45) is 0 Å². The van der Waals surface area contributed by atoms with Crippen molar-refractivity contribution >= 4 is 51.9 Å². The van der Waals surface area contributed by atoms with Crippen LogP contribution in [0.25, 0.3) is 0 Å². The molecule has 3 rings (SSSR count). The smallest absolute Gasteiger partial charge is 0.159 e. The molecule has 2 aromatic carbocycles. The number of rotatable bonds is 4. The number of hydrogen-bond acceptors (Lipinski definition) is 5. The van der Waals surface area contributed by atoms with E-state index in [4.69, 9.17) is 28.9 Å². The highest BCUT2D eigenvalue weighted by Gasteiger charge is 2.11. The molecular formula is C16H12Cl2FN5. The molecule has 0 atom stereocenters. The van der Waals surface area contributed by atoms with E-state index < -0.39 is 5.82 Å². The van der Waals surface area contributed by atoms with Crippen LogP contribution in [0.1, 0.15) is 0 Å². The summed E-state index contributed by atoms with van der Waals surface area (Å²) in [6, 6.07) is 11.2. The number of halogens is 3. The van der Waals surface area contributed by atoms with Crippen molar-refractivity contribution in [3.8, 4) is 0 Å². The summed E-state index contributed by atoms with van der Waals surface area (Å²) in [5.41, 5.74) is 7.18. The molecule has 0 fully saturated rings. The predicted octanol–water partition coefficient (Wildman–Crippen LogP) is 4.99. The summed E-state index contributed by atoms with van der Waals surface area (Å²) >= 11 is 11.9. The summed E-state index contributed by atoms with van der Waals surface area (Å²) < 4.78 is 13.8. The molecule has 0 aliphatic carbocycles. The number of anilines is 5. The van der Waals surface area contributed by atoms with Crippen LogP contribution in [0.3, 0.4) is 0 Å². The Kier molecular flexibility index (Phi) is 4.69. The van der Waals surface area contributed by atoms with Gasteiger partial charge in [-0.1, -0.05) is 35.3 Å². The van der Waals surface area contributed by atoms with Gasteiger partial charge in [-0.05, 0) is 30.3 Å². The Morgan fingerprint density at radius 3 is 2.21 bits per heavy atom. The van der Waals surface area contributed by atoms with E-state index in [1.54, 1.807) is 36.4 Å². The Labute approximate surface area is 147 Å². The number of nitrogen functional groups attached to an aromatic ring is 1. The van der Waals surface area contributed by atoms with Gasteiger partial charge in [0.15, 0.2) is 11.6 Å². The third kappa shape index (κ3) is 3.67. The molecular weight excluding hydrogens is 352 g/mol. The van der Waals surface area contributed by atoms with Crippen LogP contribution in [0.4, 0.5) is 33.1 Å². The van der Waals surface area contributed by atoms with Crippen LogP contribution >= 0.6 is 23.2 Å². The van der Waals surface area contributed by atoms with Gasteiger partial charge in [0.2, 0.25) is 0 Å². The quantitative estimate of drug-likeness (QED) is 0.608. The Hall–Kier alpha value is -2.57. The zero-order chi connectivity index (χ0) is 17.1. The molecule has 1 heterocycles. The second kappa shape index (κ2) is 6.90. The van der Waals surface area contributed by atoms with E-state index in [0.717, 1.165) is 0 Å². The number of nitrogens with two attached hydrogens (primary N) is 1. The van der Waals surface area contributed by atoms with Crippen molar-refractivity contribution < 1.29 is 4.39 Å². The van der Waals surface area contributed by atoms with E-state index in [1.807, 2.05) is 0 Å². The van der Waals surface area contributed by atoms with Crippen molar-refractivity contribution in [3.63, 3.8) is 0 Å². The van der Waals surface area contributed by atoms with Crippen LogP contribution in [-0.2, 0) is 0 Å². The van der Waals surface area contributed by atoms with Gasteiger partial charge in [-0.3, -0.25) is 0 Å². The summed E-state index contributed by atoms with van der Waals surface area (Å²) in [6.45, 7) is 0. The van der Waals surface area contributed by atoms with Crippen LogP contribution in [0.5, 0.6) is 0 Å². The minimum Gasteiger partial charge on any atom is -0.393 e. The summed E-state index contributed by atoms with van der Waals surface area (Å²) in [5, 5.41) is 6.81. The second-order valence-electron chi connectivity index (χ2n) is 4.87. The zero-order valence-electron chi connectivity index (χ0n) is 12.2. The van der Waals surface area contributed by atoms with E-state index in [-0.39, 0.29) is 17.2 Å². The SMILES string of the molecule is Nc1c(Nc2cc(Cl)cc(Cl)c2)ncnc1Nc1ccccc1F. The predicted molar refractivity (Wildman–Crippen MR) is 95.9 cm³/mol. The van der Waals surface area contributed by atoms with Gasteiger partial charge in [0.1, 0.15) is 17.8 Å². The van der Waals surface area contributed by atoms with Gasteiger partial charge < -0.3 is 16.4 Å². The largest absolute Gasteiger partial charge is 0.393 e. The Morgan fingerprint density at radius 2 is 1.54 bits per heavy atom. The maximum atomic E-state index is 13.8. The fraction of sp³-hybridized carbons (Fsp3) is 0. The second-order valence-corrected chi connectivity index (χ2v) is 5.75. The molecule has 8 heteroatoms. The topological polar surface area (TPSA) is 75.9 Å². The van der Waals surface area contributed by atoms with Crippen LogP contribution in [0.15, 0.2) is 48.8 Å². The number of hydrogen-bond donors (Lipinski definition) is 3. The third-order valence-corrected chi connectivity index (χ3v) is 3.57. The molecule has 0 amide bonds. The number of benzene rings is 2. The zero-order valence-corrected chi connectivity index (χ0v) is 13.7. The van der Waals surface area contributed by atoms with Crippen molar-refractivity contribution in [1.82, 2.24) is 9.97 Å². The fourth-order valence-electron chi connectivity index (χ4n) is 2.05. The first-order chi connectivity index (χ1) is 11.5. The molecule has 0 unspecified atom stereocenters. The van der Waals surface area contributed by atoms with Crippen LogP contribution in [0.2, 0.25) is 10.0 Å². The molecule has 1 aromatic heterocycles. The highest BCUT2D eigenvalue weighted by molar-refractivity contribution is 6.35. The molecule has 0 spiro atoms. The third-order valence-electron chi connectivity index (χ3n) is 3.14. The minimum absolute atomic E-state index is 0.233. The average Bonchev–Trinajstić information content (AvgIpc) is 2.52. The normalized spacial score (nSPS) is 10.5. The minimum atomic E-state index is -0.411. The first-order valence-corrected chi connectivity index (χ1v) is 7.63. The van der Waals surface area contributed by atoms with Gasteiger partial charge in [-0.25, -0.2) is 14.4 Å². The molecule has 0 saturated heterocycles. The molecule has 4 N–H and O–H groups in total.